The first-order chi connectivity index (χ1) is 9.16. The van der Waals surface area contributed by atoms with Gasteiger partial charge in [0.05, 0.1) is 6.61 Å². The number of aliphatic hydroxyl groups is 3. The molecule has 0 aliphatic carbocycles. The lowest BCUT2D eigenvalue weighted by molar-refractivity contribution is -0.275. The van der Waals surface area contributed by atoms with Gasteiger partial charge in [0.25, 0.3) is 0 Å². The monoisotopic (exact) mass is 268 g/mol. The maximum absolute atomic E-state index is 9.89. The average molecular weight is 268 g/mol. The first kappa shape index (κ1) is 12.8. The van der Waals surface area contributed by atoms with E-state index < -0.39 is 30.7 Å². The van der Waals surface area contributed by atoms with Gasteiger partial charge in [-0.05, 0) is 12.1 Å². The number of benzene rings is 1. The van der Waals surface area contributed by atoms with Gasteiger partial charge in [-0.3, -0.25) is 0 Å². The van der Waals surface area contributed by atoms with Gasteiger partial charge in [0, 0.05) is 0 Å². The smallest absolute Gasteiger partial charge is 0.229 e. The molecule has 0 amide bonds. The van der Waals surface area contributed by atoms with Crippen LogP contribution in [0.2, 0.25) is 0 Å². The van der Waals surface area contributed by atoms with Gasteiger partial charge in [-0.15, -0.1) is 0 Å². The Kier molecular flexibility index (Phi) is 3.42. The van der Waals surface area contributed by atoms with Crippen molar-refractivity contribution < 1.29 is 29.5 Å². The van der Waals surface area contributed by atoms with Crippen molar-refractivity contribution in [2.75, 3.05) is 6.61 Å². The van der Waals surface area contributed by atoms with Crippen LogP contribution in [0.5, 0.6) is 5.75 Å². The highest BCUT2D eigenvalue weighted by atomic mass is 16.7. The van der Waals surface area contributed by atoms with E-state index in [4.69, 9.17) is 14.2 Å². The van der Waals surface area contributed by atoms with Crippen molar-refractivity contribution in [3.05, 3.63) is 30.3 Å². The molecule has 0 aromatic heterocycles. The number of aliphatic hydroxyl groups excluding tert-OH is 3. The third-order valence-electron chi connectivity index (χ3n) is 3.33. The van der Waals surface area contributed by atoms with Crippen molar-refractivity contribution in [2.24, 2.45) is 0 Å². The Balaban J connectivity index is 1.72. The second kappa shape index (κ2) is 5.07. The number of para-hydroxylation sites is 1. The standard InChI is InChI=1S/C13H16O6/c14-9-10(15)12(8-6-17-8)19-13(11(9)16)18-7-4-2-1-3-5-7/h1-5,8-16H,6H2/t8-,9+,10-,11-,12-,13-/m1/s1. The minimum absolute atomic E-state index is 0.251. The van der Waals surface area contributed by atoms with E-state index in [2.05, 4.69) is 0 Å². The second-order valence-electron chi connectivity index (χ2n) is 4.74. The van der Waals surface area contributed by atoms with Gasteiger partial charge in [0.15, 0.2) is 0 Å². The highest BCUT2D eigenvalue weighted by Gasteiger charge is 2.51. The fourth-order valence-corrected chi connectivity index (χ4v) is 2.16. The Hall–Kier alpha value is -1.18. The van der Waals surface area contributed by atoms with E-state index in [0.29, 0.717) is 12.4 Å². The third-order valence-corrected chi connectivity index (χ3v) is 3.33. The average Bonchev–Trinajstić information content (AvgIpc) is 3.25. The molecule has 0 bridgehead atoms. The topological polar surface area (TPSA) is 91.7 Å². The van der Waals surface area contributed by atoms with E-state index in [1.807, 2.05) is 6.07 Å². The molecule has 1 aromatic rings. The minimum atomic E-state index is -1.32. The summed E-state index contributed by atoms with van der Waals surface area (Å²) in [7, 11) is 0. The number of rotatable bonds is 3. The van der Waals surface area contributed by atoms with E-state index >= 15 is 0 Å². The van der Waals surface area contributed by atoms with Crippen LogP contribution in [0.15, 0.2) is 30.3 Å². The molecule has 0 radical (unpaired) electrons. The number of epoxide rings is 1. The molecule has 6 heteroatoms. The van der Waals surface area contributed by atoms with E-state index in [0.717, 1.165) is 0 Å². The molecule has 0 unspecified atom stereocenters. The van der Waals surface area contributed by atoms with Crippen molar-refractivity contribution in [2.45, 2.75) is 36.8 Å². The molecule has 0 spiro atoms. The predicted octanol–water partition coefficient (Wildman–Crippen LogP) is -0.728. The second-order valence-corrected chi connectivity index (χ2v) is 4.74. The molecule has 1 aromatic carbocycles. The Morgan fingerprint density at radius 1 is 1.00 bits per heavy atom. The van der Waals surface area contributed by atoms with Crippen LogP contribution in [0, 0.1) is 0 Å². The van der Waals surface area contributed by atoms with Gasteiger partial charge in [0.1, 0.15) is 36.3 Å². The molecule has 3 N–H and O–H groups in total. The van der Waals surface area contributed by atoms with Crippen molar-refractivity contribution in [3.63, 3.8) is 0 Å². The lowest BCUT2D eigenvalue weighted by atomic mass is 9.97. The summed E-state index contributed by atoms with van der Waals surface area (Å²) in [5.74, 6) is 0.519. The zero-order chi connectivity index (χ0) is 13.4. The quantitative estimate of drug-likeness (QED) is 0.626. The summed E-state index contributed by atoms with van der Waals surface area (Å²) in [6.07, 6.45) is -5.79. The van der Waals surface area contributed by atoms with E-state index in [9.17, 15) is 15.3 Å². The molecule has 19 heavy (non-hydrogen) atoms. The highest BCUT2D eigenvalue weighted by molar-refractivity contribution is 5.21. The maximum atomic E-state index is 9.89. The number of ether oxygens (including phenoxy) is 3. The normalized spacial score (nSPS) is 41.8. The van der Waals surface area contributed by atoms with Gasteiger partial charge in [0.2, 0.25) is 6.29 Å². The summed E-state index contributed by atoms with van der Waals surface area (Å²) in [5, 5.41) is 29.5. The van der Waals surface area contributed by atoms with Crippen LogP contribution in [0.3, 0.4) is 0 Å². The van der Waals surface area contributed by atoms with Gasteiger partial charge in [-0.1, -0.05) is 18.2 Å². The fraction of sp³-hybridized carbons (Fsp3) is 0.538. The zero-order valence-corrected chi connectivity index (χ0v) is 10.1. The van der Waals surface area contributed by atoms with Crippen molar-refractivity contribution >= 4 is 0 Å². The largest absolute Gasteiger partial charge is 0.462 e. The van der Waals surface area contributed by atoms with Crippen molar-refractivity contribution in [1.82, 2.24) is 0 Å². The van der Waals surface area contributed by atoms with Crippen LogP contribution < -0.4 is 4.74 Å². The van der Waals surface area contributed by atoms with Crippen molar-refractivity contribution in [3.8, 4) is 5.75 Å². The third kappa shape index (κ3) is 2.58. The molecular weight excluding hydrogens is 252 g/mol. The lowest BCUT2D eigenvalue weighted by Crippen LogP contribution is -2.60. The summed E-state index contributed by atoms with van der Waals surface area (Å²) in [5.41, 5.74) is 0. The van der Waals surface area contributed by atoms with Gasteiger partial charge < -0.3 is 29.5 Å². The van der Waals surface area contributed by atoms with Crippen LogP contribution in [-0.2, 0) is 9.47 Å². The SMILES string of the molecule is O[C@H]1[C@@H](O)[C@@H]([C@H]2CO2)O[C@@H](Oc2ccccc2)[C@@H]1O. The lowest BCUT2D eigenvalue weighted by Gasteiger charge is -2.39. The minimum Gasteiger partial charge on any atom is -0.462 e. The Morgan fingerprint density at radius 2 is 1.68 bits per heavy atom. The Morgan fingerprint density at radius 3 is 2.32 bits per heavy atom. The van der Waals surface area contributed by atoms with Gasteiger partial charge >= 0.3 is 0 Å². The van der Waals surface area contributed by atoms with Crippen LogP contribution >= 0.6 is 0 Å². The molecule has 0 saturated carbocycles. The summed E-state index contributed by atoms with van der Waals surface area (Å²) in [6.45, 7) is 0.475. The zero-order valence-electron chi connectivity index (χ0n) is 10.1. The van der Waals surface area contributed by atoms with Gasteiger partial charge in [-0.2, -0.15) is 0 Å². The highest BCUT2D eigenvalue weighted by Crippen LogP contribution is 2.30. The molecule has 2 aliphatic rings. The molecule has 2 aliphatic heterocycles. The molecule has 6 nitrogen and oxygen atoms in total. The van der Waals surface area contributed by atoms with Crippen molar-refractivity contribution in [1.29, 1.82) is 0 Å². The summed E-state index contributed by atoms with van der Waals surface area (Å²) < 4.78 is 16.1. The van der Waals surface area contributed by atoms with Gasteiger partial charge in [-0.25, -0.2) is 0 Å². The van der Waals surface area contributed by atoms with E-state index in [-0.39, 0.29) is 6.10 Å². The van der Waals surface area contributed by atoms with Crippen LogP contribution in [0.4, 0.5) is 0 Å². The first-order valence-electron chi connectivity index (χ1n) is 6.20. The Labute approximate surface area is 110 Å². The molecule has 2 fully saturated rings. The number of hydrogen-bond acceptors (Lipinski definition) is 6. The first-order valence-corrected chi connectivity index (χ1v) is 6.20. The predicted molar refractivity (Wildman–Crippen MR) is 63.5 cm³/mol. The van der Waals surface area contributed by atoms with E-state index in [1.54, 1.807) is 24.3 Å². The summed E-state index contributed by atoms with van der Waals surface area (Å²) >= 11 is 0. The number of hydrogen-bond donors (Lipinski definition) is 3. The van der Waals surface area contributed by atoms with E-state index in [1.165, 1.54) is 0 Å². The molecule has 104 valence electrons. The summed E-state index contributed by atoms with van der Waals surface area (Å²) in [4.78, 5) is 0. The van der Waals surface area contributed by atoms with Crippen LogP contribution in [0.1, 0.15) is 0 Å². The maximum Gasteiger partial charge on any atom is 0.229 e. The summed E-state index contributed by atoms with van der Waals surface area (Å²) in [6, 6.07) is 8.85. The fourth-order valence-electron chi connectivity index (χ4n) is 2.16. The molecule has 3 rings (SSSR count). The van der Waals surface area contributed by atoms with Crippen LogP contribution in [-0.4, -0.2) is 58.7 Å². The molecule has 6 atom stereocenters. The molecular formula is C13H16O6. The van der Waals surface area contributed by atoms with Crippen LogP contribution in [0.25, 0.3) is 0 Å². The Bertz CT molecular complexity index is 420. The molecule has 2 saturated heterocycles. The molecule has 2 heterocycles.